The maximum atomic E-state index is 11.3. The van der Waals surface area contributed by atoms with Gasteiger partial charge in [0.15, 0.2) is 5.75 Å². The van der Waals surface area contributed by atoms with Gasteiger partial charge in [-0.1, -0.05) is 0 Å². The van der Waals surface area contributed by atoms with Crippen molar-refractivity contribution in [1.29, 1.82) is 0 Å². The molecule has 6 heteroatoms. The molecule has 0 fully saturated rings. The Balaban J connectivity index is 2.13. The van der Waals surface area contributed by atoms with Crippen LogP contribution in [0, 0.1) is 0 Å². The highest BCUT2D eigenvalue weighted by atomic mass is 32.2. The molecule has 0 spiro atoms. The number of ether oxygens (including phenoxy) is 1. The Labute approximate surface area is 114 Å². The number of anilines is 1. The smallest absolute Gasteiger partial charge is 0.226 e. The lowest BCUT2D eigenvalue weighted by atomic mass is 10.3. The first-order valence-corrected chi connectivity index (χ1v) is 6.45. The average Bonchev–Trinajstić information content (AvgIpc) is 2.41. The number of rotatable bonds is 4. The second kappa shape index (κ2) is 5.71. The van der Waals surface area contributed by atoms with Crippen molar-refractivity contribution in [2.75, 3.05) is 12.8 Å². The zero-order valence-electron chi connectivity index (χ0n) is 10.3. The topological polar surface area (TPSA) is 85.7 Å². The maximum Gasteiger partial charge on any atom is 0.226 e. The van der Waals surface area contributed by atoms with E-state index in [1.165, 1.54) is 17.8 Å². The lowest BCUT2D eigenvalue weighted by Gasteiger charge is -2.07. The molecule has 0 saturated carbocycles. The van der Waals surface area contributed by atoms with Gasteiger partial charge in [-0.3, -0.25) is 4.79 Å². The molecule has 0 saturated heterocycles. The van der Waals surface area contributed by atoms with E-state index < -0.39 is 11.2 Å². The van der Waals surface area contributed by atoms with E-state index in [0.717, 1.165) is 11.2 Å². The molecule has 0 atom stereocenters. The van der Waals surface area contributed by atoms with Crippen LogP contribution in [0.1, 0.15) is 5.76 Å². The molecule has 19 heavy (non-hydrogen) atoms. The van der Waals surface area contributed by atoms with Crippen molar-refractivity contribution in [3.63, 3.8) is 0 Å². The summed E-state index contributed by atoms with van der Waals surface area (Å²) in [5.74, 6) is 1.22. The molecule has 0 unspecified atom stereocenters. The van der Waals surface area contributed by atoms with E-state index in [9.17, 15) is 4.79 Å². The molecule has 0 aliphatic heterocycles. The number of hydrogen-bond acceptors (Lipinski definition) is 6. The van der Waals surface area contributed by atoms with Gasteiger partial charge in [0.1, 0.15) is 17.8 Å². The van der Waals surface area contributed by atoms with Crippen LogP contribution < -0.4 is 15.9 Å². The van der Waals surface area contributed by atoms with Crippen LogP contribution in [-0.2, 0) is 5.75 Å². The minimum absolute atomic E-state index is 0.394. The minimum atomic E-state index is -0.458. The molecular formula is C13H13NO4S. The Hall–Kier alpha value is -2.08. The molecule has 2 aromatic rings. The van der Waals surface area contributed by atoms with Gasteiger partial charge < -0.3 is 20.0 Å². The Morgan fingerprint density at radius 2 is 2.21 bits per heavy atom. The van der Waals surface area contributed by atoms with Gasteiger partial charge in [0.2, 0.25) is 5.43 Å². The molecule has 2 rings (SSSR count). The van der Waals surface area contributed by atoms with Crippen LogP contribution in [0.4, 0.5) is 5.69 Å². The molecule has 1 aromatic heterocycles. The summed E-state index contributed by atoms with van der Waals surface area (Å²) in [7, 11) is 1.58. The summed E-state index contributed by atoms with van der Waals surface area (Å²) in [5, 5.41) is 9.09. The van der Waals surface area contributed by atoms with Crippen molar-refractivity contribution in [3.8, 4) is 11.5 Å². The summed E-state index contributed by atoms with van der Waals surface area (Å²) in [6.45, 7) is 0. The first-order valence-electron chi connectivity index (χ1n) is 5.47. The van der Waals surface area contributed by atoms with Crippen LogP contribution in [0.2, 0.25) is 0 Å². The van der Waals surface area contributed by atoms with Crippen molar-refractivity contribution >= 4 is 17.4 Å². The number of benzene rings is 1. The molecule has 0 amide bonds. The molecule has 0 aliphatic carbocycles. The van der Waals surface area contributed by atoms with Crippen molar-refractivity contribution in [2.45, 2.75) is 10.6 Å². The van der Waals surface area contributed by atoms with Crippen LogP contribution in [0.3, 0.4) is 0 Å². The van der Waals surface area contributed by atoms with E-state index in [1.54, 1.807) is 19.2 Å². The van der Waals surface area contributed by atoms with Crippen LogP contribution in [0.5, 0.6) is 11.5 Å². The van der Waals surface area contributed by atoms with E-state index in [1.807, 2.05) is 6.07 Å². The number of nitrogens with two attached hydrogens (primary N) is 1. The van der Waals surface area contributed by atoms with Crippen molar-refractivity contribution in [3.05, 3.63) is 46.5 Å². The highest BCUT2D eigenvalue weighted by Crippen LogP contribution is 2.31. The Morgan fingerprint density at radius 1 is 1.42 bits per heavy atom. The third-order valence-corrected chi connectivity index (χ3v) is 3.55. The SMILES string of the molecule is COc1ccc(N)c(SCc2cc(=O)c(O)co2)c1. The quantitative estimate of drug-likeness (QED) is 0.659. The van der Waals surface area contributed by atoms with Crippen LogP contribution in [0.15, 0.2) is 44.6 Å². The number of thioether (sulfide) groups is 1. The fraction of sp³-hybridized carbons (Fsp3) is 0.154. The van der Waals surface area contributed by atoms with Crippen molar-refractivity contribution < 1.29 is 14.3 Å². The highest BCUT2D eigenvalue weighted by molar-refractivity contribution is 7.98. The van der Waals surface area contributed by atoms with Gasteiger partial charge in [-0.25, -0.2) is 0 Å². The van der Waals surface area contributed by atoms with E-state index in [-0.39, 0.29) is 0 Å². The summed E-state index contributed by atoms with van der Waals surface area (Å²) >= 11 is 1.42. The highest BCUT2D eigenvalue weighted by Gasteiger charge is 2.06. The van der Waals surface area contributed by atoms with Gasteiger partial charge in [-0.2, -0.15) is 0 Å². The number of methoxy groups -OCH3 is 1. The third kappa shape index (κ3) is 3.23. The minimum Gasteiger partial charge on any atom is -0.502 e. The third-order valence-electron chi connectivity index (χ3n) is 2.46. The van der Waals surface area contributed by atoms with Gasteiger partial charge >= 0.3 is 0 Å². The summed E-state index contributed by atoms with van der Waals surface area (Å²) in [6.07, 6.45) is 1.03. The molecular weight excluding hydrogens is 266 g/mol. The summed E-state index contributed by atoms with van der Waals surface area (Å²) in [4.78, 5) is 12.1. The lowest BCUT2D eigenvalue weighted by Crippen LogP contribution is -1.99. The lowest BCUT2D eigenvalue weighted by molar-refractivity contribution is 0.414. The maximum absolute atomic E-state index is 11.3. The summed E-state index contributed by atoms with van der Waals surface area (Å²) in [5.41, 5.74) is 6.03. The Morgan fingerprint density at radius 3 is 2.89 bits per heavy atom. The van der Waals surface area contributed by atoms with Gasteiger partial charge in [0.05, 0.1) is 12.9 Å². The molecule has 1 aromatic carbocycles. The van der Waals surface area contributed by atoms with Gasteiger partial charge in [-0.15, -0.1) is 11.8 Å². The second-order valence-electron chi connectivity index (χ2n) is 3.79. The molecule has 0 radical (unpaired) electrons. The van der Waals surface area contributed by atoms with Gasteiger partial charge in [0.25, 0.3) is 0 Å². The predicted octanol–water partition coefficient (Wildman–Crippen LogP) is 2.23. The Bertz CT molecular complexity index is 639. The molecule has 3 N–H and O–H groups in total. The van der Waals surface area contributed by atoms with E-state index in [4.69, 9.17) is 20.0 Å². The van der Waals surface area contributed by atoms with Crippen LogP contribution >= 0.6 is 11.8 Å². The molecule has 1 heterocycles. The van der Waals surface area contributed by atoms with E-state index in [2.05, 4.69) is 0 Å². The summed E-state index contributed by atoms with van der Waals surface area (Å²) < 4.78 is 10.2. The van der Waals surface area contributed by atoms with Gasteiger partial charge in [0, 0.05) is 16.6 Å². The molecule has 0 aliphatic rings. The monoisotopic (exact) mass is 279 g/mol. The standard InChI is InChI=1S/C13H13NO4S/c1-17-8-2-3-10(14)13(5-8)19-7-9-4-11(15)12(16)6-18-9/h2-6,16H,7,14H2,1H3. The van der Waals surface area contributed by atoms with Crippen LogP contribution in [-0.4, -0.2) is 12.2 Å². The van der Waals surface area contributed by atoms with E-state index in [0.29, 0.717) is 22.9 Å². The Kier molecular flexibility index (Phi) is 4.01. The fourth-order valence-corrected chi connectivity index (χ4v) is 2.32. The normalized spacial score (nSPS) is 10.4. The largest absolute Gasteiger partial charge is 0.502 e. The zero-order chi connectivity index (χ0) is 13.8. The molecule has 100 valence electrons. The first kappa shape index (κ1) is 13.4. The molecule has 5 nitrogen and oxygen atoms in total. The molecule has 0 bridgehead atoms. The number of nitrogen functional groups attached to an aromatic ring is 1. The number of aromatic hydroxyl groups is 1. The average molecular weight is 279 g/mol. The predicted molar refractivity (Wildman–Crippen MR) is 73.6 cm³/mol. The zero-order valence-corrected chi connectivity index (χ0v) is 11.1. The number of hydrogen-bond donors (Lipinski definition) is 2. The summed E-state index contributed by atoms with van der Waals surface area (Å²) in [6, 6.07) is 6.62. The first-order chi connectivity index (χ1) is 9.10. The van der Waals surface area contributed by atoms with E-state index >= 15 is 0 Å². The van der Waals surface area contributed by atoms with Crippen molar-refractivity contribution in [2.24, 2.45) is 0 Å². The fourth-order valence-electron chi connectivity index (χ4n) is 1.43. The van der Waals surface area contributed by atoms with Gasteiger partial charge in [-0.05, 0) is 18.2 Å². The second-order valence-corrected chi connectivity index (χ2v) is 4.81. The van der Waals surface area contributed by atoms with Crippen LogP contribution in [0.25, 0.3) is 0 Å². The van der Waals surface area contributed by atoms with Crippen molar-refractivity contribution in [1.82, 2.24) is 0 Å².